The number of carbonyl (C=O) groups is 4. The second-order valence-corrected chi connectivity index (χ2v) is 13.9. The zero-order valence-corrected chi connectivity index (χ0v) is 37.4. The number of amides is 2. The van der Waals surface area contributed by atoms with Gasteiger partial charge in [0.1, 0.15) is 12.1 Å². The van der Waals surface area contributed by atoms with Gasteiger partial charge in [-0.15, -0.1) is 0 Å². The molecule has 2 N–H and O–H groups in total. The molecule has 60 heavy (non-hydrogen) atoms. The fourth-order valence-electron chi connectivity index (χ4n) is 5.17. The summed E-state index contributed by atoms with van der Waals surface area (Å²) in [6.45, 7) is 7.29. The van der Waals surface area contributed by atoms with Crippen LogP contribution >= 0.6 is 0 Å². The van der Waals surface area contributed by atoms with Crippen LogP contribution in [0.1, 0.15) is 130 Å². The van der Waals surface area contributed by atoms with Crippen LogP contribution in [0, 0.1) is 0 Å². The molecule has 0 saturated heterocycles. The Bertz CT molecular complexity index is 1520. The highest BCUT2D eigenvalue weighted by molar-refractivity contribution is 5.86. The first-order valence-electron chi connectivity index (χ1n) is 21.9. The van der Waals surface area contributed by atoms with Crippen molar-refractivity contribution in [3.05, 3.63) is 146 Å². The van der Waals surface area contributed by atoms with Crippen LogP contribution in [-0.4, -0.2) is 49.1 Å². The van der Waals surface area contributed by atoms with Gasteiger partial charge in [0, 0.05) is 12.8 Å². The summed E-state index contributed by atoms with van der Waals surface area (Å²) < 4.78 is 10.3. The highest BCUT2D eigenvalue weighted by atomic mass is 16.6. The van der Waals surface area contributed by atoms with E-state index in [-0.39, 0.29) is 24.7 Å². The average molecular weight is 825 g/mol. The van der Waals surface area contributed by atoms with Crippen LogP contribution in [0.3, 0.4) is 0 Å². The first-order chi connectivity index (χ1) is 29.3. The summed E-state index contributed by atoms with van der Waals surface area (Å²) in [6.07, 6.45) is 62.6. The van der Waals surface area contributed by atoms with Crippen LogP contribution in [0.2, 0.25) is 0 Å². The minimum absolute atomic E-state index is 0.152. The molecule has 0 fully saturated rings. The van der Waals surface area contributed by atoms with E-state index in [2.05, 4.69) is 146 Å². The van der Waals surface area contributed by atoms with Crippen molar-refractivity contribution in [2.75, 3.05) is 7.11 Å². The molecule has 0 radical (unpaired) electrons. The molecule has 0 aromatic carbocycles. The van der Waals surface area contributed by atoms with Crippen LogP contribution in [0.15, 0.2) is 146 Å². The lowest BCUT2D eigenvalue weighted by atomic mass is 10.1. The molecule has 0 spiro atoms. The maximum Gasteiger partial charge on any atom is 0.332 e. The molecule has 3 atom stereocenters. The maximum absolute atomic E-state index is 12.7. The standard InChI is InChI=1S/C52H76N2O6/c1-6-8-10-12-14-16-18-20-22-24-26-28-30-32-34-36-38-40-42-44-48(55)53-46(3)51(57)60-47(4)50(52(58)59-5)54-49(56)45-43-41-39-37-35-33-31-29-27-25-23-21-19-17-15-13-11-9-7-2/h8-11,14-17,20-23,26-29,32-35,38-41,46-47,50H,6-7,12-13,18-19,24-25,30-31,36-37,42-45H2,1-5H3,(H,53,55)(H,54,56)/b10-8-,11-9-,16-14-,17-15-,22-20-,23-21-,28-26-,29-27-,34-32-,35-33-,40-38-,41-39-/t46-,47+,50-/m0/s1. The van der Waals surface area contributed by atoms with Crippen molar-refractivity contribution in [1.82, 2.24) is 10.6 Å². The number of ether oxygens (including phenoxy) is 2. The molecule has 0 aliphatic carbocycles. The zero-order chi connectivity index (χ0) is 44.2. The molecule has 8 heteroatoms. The average Bonchev–Trinajstić information content (AvgIpc) is 3.24. The van der Waals surface area contributed by atoms with Crippen LogP contribution in [0.5, 0.6) is 0 Å². The van der Waals surface area contributed by atoms with E-state index >= 15 is 0 Å². The molecule has 2 amide bonds. The van der Waals surface area contributed by atoms with E-state index in [9.17, 15) is 19.2 Å². The van der Waals surface area contributed by atoms with Gasteiger partial charge in [0.2, 0.25) is 11.8 Å². The predicted octanol–water partition coefficient (Wildman–Crippen LogP) is 12.0. The van der Waals surface area contributed by atoms with E-state index in [0.29, 0.717) is 12.8 Å². The Labute approximate surface area is 363 Å². The molecule has 0 bridgehead atoms. The fraction of sp³-hybridized carbons (Fsp3) is 0.462. The van der Waals surface area contributed by atoms with Gasteiger partial charge in [0.05, 0.1) is 7.11 Å². The monoisotopic (exact) mass is 825 g/mol. The number of rotatable bonds is 34. The van der Waals surface area contributed by atoms with Crippen LogP contribution in [0.25, 0.3) is 0 Å². The Kier molecular flexibility index (Phi) is 38.2. The van der Waals surface area contributed by atoms with Gasteiger partial charge in [-0.25, -0.2) is 9.59 Å². The molecule has 0 aliphatic rings. The van der Waals surface area contributed by atoms with Gasteiger partial charge in [-0.3, -0.25) is 9.59 Å². The van der Waals surface area contributed by atoms with E-state index in [4.69, 9.17) is 9.47 Å². The molecule has 0 rings (SSSR count). The summed E-state index contributed by atoms with van der Waals surface area (Å²) in [5.41, 5.74) is 0. The molecule has 0 aliphatic heterocycles. The van der Waals surface area contributed by atoms with Gasteiger partial charge in [0.25, 0.3) is 0 Å². The number of nitrogens with one attached hydrogen (secondary N) is 2. The number of methoxy groups -OCH3 is 1. The topological polar surface area (TPSA) is 111 Å². The molecule has 0 aromatic rings. The first-order valence-corrected chi connectivity index (χ1v) is 21.9. The molecule has 330 valence electrons. The van der Waals surface area contributed by atoms with Crippen LogP contribution in [0.4, 0.5) is 0 Å². The SMILES string of the molecule is CC/C=C\C/C=C\C/C=C\C/C=C\C/C=C\C/C=C\CCC(=O)N[C@@H](C)C(=O)O[C@H](C)[C@H](NC(=O)CC/C=C\C/C=C\C/C=C\C/C=C\C/C=C\C/C=C\CC)C(=O)OC. The molecular weight excluding hydrogens is 749 g/mol. The Morgan fingerprint density at radius 3 is 1.00 bits per heavy atom. The number of hydrogen-bond acceptors (Lipinski definition) is 6. The maximum atomic E-state index is 12.7. The molecule has 8 nitrogen and oxygen atoms in total. The van der Waals surface area contributed by atoms with Crippen molar-refractivity contribution in [3.63, 3.8) is 0 Å². The summed E-state index contributed by atoms with van der Waals surface area (Å²) in [6, 6.07) is -2.12. The Morgan fingerprint density at radius 2 is 0.700 bits per heavy atom. The van der Waals surface area contributed by atoms with E-state index in [1.807, 2.05) is 24.3 Å². The van der Waals surface area contributed by atoms with E-state index in [1.54, 1.807) is 0 Å². The van der Waals surface area contributed by atoms with E-state index in [0.717, 1.165) is 77.0 Å². The van der Waals surface area contributed by atoms with Crippen molar-refractivity contribution < 1.29 is 28.7 Å². The highest BCUT2D eigenvalue weighted by Crippen LogP contribution is 2.07. The summed E-state index contributed by atoms with van der Waals surface area (Å²) in [5.74, 6) is -2.11. The van der Waals surface area contributed by atoms with Crippen molar-refractivity contribution in [2.45, 2.75) is 149 Å². The molecule has 0 saturated carbocycles. The molecular formula is C52H76N2O6. The van der Waals surface area contributed by atoms with Gasteiger partial charge in [-0.1, -0.05) is 160 Å². The van der Waals surface area contributed by atoms with E-state index in [1.165, 1.54) is 21.0 Å². The smallest absolute Gasteiger partial charge is 0.332 e. The van der Waals surface area contributed by atoms with Gasteiger partial charge >= 0.3 is 11.9 Å². The first kappa shape index (κ1) is 54.8. The third-order valence-electron chi connectivity index (χ3n) is 8.54. The van der Waals surface area contributed by atoms with Crippen LogP contribution in [-0.2, 0) is 28.7 Å². The van der Waals surface area contributed by atoms with Crippen LogP contribution < -0.4 is 10.6 Å². The number of esters is 2. The normalized spacial score (nSPS) is 14.4. The quantitative estimate of drug-likeness (QED) is 0.0494. The van der Waals surface area contributed by atoms with Crippen molar-refractivity contribution in [2.24, 2.45) is 0 Å². The third kappa shape index (κ3) is 35.9. The minimum atomic E-state index is -1.19. The summed E-state index contributed by atoms with van der Waals surface area (Å²) >= 11 is 0. The van der Waals surface area contributed by atoms with Gasteiger partial charge in [-0.05, 0) is 104 Å². The number of allylic oxidation sites excluding steroid dienone is 24. The second kappa shape index (κ2) is 41.9. The molecule has 0 heterocycles. The summed E-state index contributed by atoms with van der Waals surface area (Å²) in [4.78, 5) is 50.3. The lowest BCUT2D eigenvalue weighted by molar-refractivity contribution is -0.159. The molecule has 0 unspecified atom stereocenters. The highest BCUT2D eigenvalue weighted by Gasteiger charge is 2.31. The van der Waals surface area contributed by atoms with Gasteiger partial charge in [-0.2, -0.15) is 0 Å². The number of hydrogen-bond donors (Lipinski definition) is 2. The fourth-order valence-corrected chi connectivity index (χ4v) is 5.17. The lowest BCUT2D eigenvalue weighted by Crippen LogP contribution is -2.51. The van der Waals surface area contributed by atoms with Crippen molar-refractivity contribution in [1.29, 1.82) is 0 Å². The Balaban J connectivity index is 4.33. The second-order valence-electron chi connectivity index (χ2n) is 13.9. The van der Waals surface area contributed by atoms with Crippen molar-refractivity contribution >= 4 is 23.8 Å². The van der Waals surface area contributed by atoms with Crippen molar-refractivity contribution in [3.8, 4) is 0 Å². The van der Waals surface area contributed by atoms with Gasteiger partial charge < -0.3 is 20.1 Å². The lowest BCUT2D eigenvalue weighted by Gasteiger charge is -2.24. The third-order valence-corrected chi connectivity index (χ3v) is 8.54. The Hall–Kier alpha value is -5.24. The van der Waals surface area contributed by atoms with E-state index < -0.39 is 30.1 Å². The van der Waals surface area contributed by atoms with Gasteiger partial charge in [0.15, 0.2) is 6.04 Å². The summed E-state index contributed by atoms with van der Waals surface area (Å²) in [5, 5.41) is 5.26. The summed E-state index contributed by atoms with van der Waals surface area (Å²) in [7, 11) is 1.20. The molecule has 0 aromatic heterocycles. The largest absolute Gasteiger partial charge is 0.467 e. The predicted molar refractivity (Wildman–Crippen MR) is 252 cm³/mol. The minimum Gasteiger partial charge on any atom is -0.467 e. The number of carbonyl (C=O) groups excluding carboxylic acids is 4. The Morgan fingerprint density at radius 1 is 0.417 bits per heavy atom. The zero-order valence-electron chi connectivity index (χ0n) is 37.4.